The zero-order valence-corrected chi connectivity index (χ0v) is 19.3. The molecule has 1 saturated heterocycles. The molecule has 0 spiro atoms. The predicted molar refractivity (Wildman–Crippen MR) is 126 cm³/mol. The Hall–Kier alpha value is -2.84. The van der Waals surface area contributed by atoms with Gasteiger partial charge in [0.2, 0.25) is 6.79 Å². The Balaban J connectivity index is 1.24. The molecule has 2 aromatic heterocycles. The molecule has 2 aliphatic rings. The molecule has 1 aromatic carbocycles. The van der Waals surface area contributed by atoms with Gasteiger partial charge in [0.05, 0.1) is 5.69 Å². The molecule has 0 saturated carbocycles. The maximum Gasteiger partial charge on any atom is 0.266 e. The van der Waals surface area contributed by atoms with E-state index >= 15 is 0 Å². The number of piperazine rings is 1. The van der Waals surface area contributed by atoms with E-state index in [0.717, 1.165) is 53.5 Å². The maximum absolute atomic E-state index is 13.2. The summed E-state index contributed by atoms with van der Waals surface area (Å²) in [5.41, 5.74) is 9.15. The molecule has 168 valence electrons. The third kappa shape index (κ3) is 4.12. The van der Waals surface area contributed by atoms with Gasteiger partial charge in [0.15, 0.2) is 11.5 Å². The molecule has 1 fully saturated rings. The molecular weight excluding hydrogens is 424 g/mol. The van der Waals surface area contributed by atoms with Crippen molar-refractivity contribution in [1.29, 1.82) is 0 Å². The molecule has 2 N–H and O–H groups in total. The second kappa shape index (κ2) is 8.60. The Morgan fingerprint density at radius 3 is 2.69 bits per heavy atom. The van der Waals surface area contributed by atoms with E-state index in [2.05, 4.69) is 24.8 Å². The van der Waals surface area contributed by atoms with Gasteiger partial charge < -0.3 is 20.1 Å². The first-order valence-electron chi connectivity index (χ1n) is 11.1. The van der Waals surface area contributed by atoms with Gasteiger partial charge in [-0.3, -0.25) is 9.69 Å². The van der Waals surface area contributed by atoms with Crippen molar-refractivity contribution in [2.45, 2.75) is 26.8 Å². The van der Waals surface area contributed by atoms with E-state index < -0.39 is 0 Å². The van der Waals surface area contributed by atoms with Gasteiger partial charge in [0, 0.05) is 43.8 Å². The maximum atomic E-state index is 13.2. The number of nitrogen functional groups attached to an aromatic ring is 1. The molecule has 0 atom stereocenters. The standard InChI is InChI=1S/C24H28N4O3S/c1-15(2)11-17-4-5-18-21(25)22(32-23(18)26-17)24(29)28-9-7-27(8-10-28)13-16-3-6-19-20(12-16)31-14-30-19/h3-6,12,15H,7-11,13-14,25H2,1-2H3. The Morgan fingerprint density at radius 2 is 1.91 bits per heavy atom. The fraction of sp³-hybridized carbons (Fsp3) is 0.417. The molecule has 3 aromatic rings. The number of carbonyl (C=O) groups excluding carboxylic acids is 1. The summed E-state index contributed by atoms with van der Waals surface area (Å²) < 4.78 is 10.9. The lowest BCUT2D eigenvalue weighted by Gasteiger charge is -2.34. The van der Waals surface area contributed by atoms with E-state index in [9.17, 15) is 4.79 Å². The van der Waals surface area contributed by atoms with Crippen LogP contribution in [0.4, 0.5) is 5.69 Å². The zero-order chi connectivity index (χ0) is 22.2. The quantitative estimate of drug-likeness (QED) is 0.635. The Morgan fingerprint density at radius 1 is 1.12 bits per heavy atom. The van der Waals surface area contributed by atoms with Gasteiger partial charge >= 0.3 is 0 Å². The largest absolute Gasteiger partial charge is 0.454 e. The lowest BCUT2D eigenvalue weighted by molar-refractivity contribution is 0.0634. The van der Waals surface area contributed by atoms with E-state index in [0.29, 0.717) is 29.6 Å². The number of fused-ring (bicyclic) bond motifs is 2. The number of nitrogens with two attached hydrogens (primary N) is 1. The monoisotopic (exact) mass is 452 g/mol. The Bertz CT molecular complexity index is 1150. The lowest BCUT2D eigenvalue weighted by Crippen LogP contribution is -2.48. The first-order chi connectivity index (χ1) is 15.5. The molecule has 0 radical (unpaired) electrons. The van der Waals surface area contributed by atoms with Crippen LogP contribution >= 0.6 is 11.3 Å². The van der Waals surface area contributed by atoms with Crippen molar-refractivity contribution < 1.29 is 14.3 Å². The van der Waals surface area contributed by atoms with E-state index in [1.54, 1.807) is 0 Å². The molecule has 0 aliphatic carbocycles. The predicted octanol–water partition coefficient (Wildman–Crippen LogP) is 3.76. The molecule has 32 heavy (non-hydrogen) atoms. The van der Waals surface area contributed by atoms with Gasteiger partial charge in [-0.1, -0.05) is 19.9 Å². The average Bonchev–Trinajstić information content (AvgIpc) is 3.37. The van der Waals surface area contributed by atoms with Crippen LogP contribution in [-0.2, 0) is 13.0 Å². The molecule has 7 nitrogen and oxygen atoms in total. The number of anilines is 1. The van der Waals surface area contributed by atoms with E-state index in [-0.39, 0.29) is 12.7 Å². The molecule has 8 heteroatoms. The van der Waals surface area contributed by atoms with Crippen molar-refractivity contribution >= 4 is 33.1 Å². The average molecular weight is 453 g/mol. The summed E-state index contributed by atoms with van der Waals surface area (Å²) >= 11 is 1.42. The van der Waals surface area contributed by atoms with Crippen LogP contribution in [0.1, 0.15) is 34.8 Å². The van der Waals surface area contributed by atoms with Gasteiger partial charge in [0.25, 0.3) is 5.91 Å². The first-order valence-corrected chi connectivity index (χ1v) is 11.9. The Labute approximate surface area is 191 Å². The van der Waals surface area contributed by atoms with Gasteiger partial charge in [-0.2, -0.15) is 0 Å². The van der Waals surface area contributed by atoms with Crippen LogP contribution in [0.25, 0.3) is 10.2 Å². The smallest absolute Gasteiger partial charge is 0.266 e. The van der Waals surface area contributed by atoms with Crippen molar-refractivity contribution in [3.05, 3.63) is 46.5 Å². The van der Waals surface area contributed by atoms with Gasteiger partial charge in [-0.25, -0.2) is 4.98 Å². The van der Waals surface area contributed by atoms with E-state index in [4.69, 9.17) is 20.2 Å². The van der Waals surface area contributed by atoms with Crippen LogP contribution < -0.4 is 15.2 Å². The fourth-order valence-electron chi connectivity index (χ4n) is 4.28. The molecule has 0 bridgehead atoms. The summed E-state index contributed by atoms with van der Waals surface area (Å²) in [6.45, 7) is 8.47. The van der Waals surface area contributed by atoms with Crippen LogP contribution in [0, 0.1) is 5.92 Å². The number of carbonyl (C=O) groups is 1. The van der Waals surface area contributed by atoms with E-state index in [1.807, 2.05) is 29.2 Å². The summed E-state index contributed by atoms with van der Waals surface area (Å²) in [5, 5.41) is 0.882. The van der Waals surface area contributed by atoms with Crippen molar-refractivity contribution in [3.8, 4) is 11.5 Å². The van der Waals surface area contributed by atoms with Crippen molar-refractivity contribution in [2.24, 2.45) is 5.92 Å². The van der Waals surface area contributed by atoms with Crippen LogP contribution in [0.3, 0.4) is 0 Å². The van der Waals surface area contributed by atoms with Gasteiger partial charge in [-0.05, 0) is 42.2 Å². The summed E-state index contributed by atoms with van der Waals surface area (Å²) in [6.07, 6.45) is 0.919. The molecule has 5 rings (SSSR count). The van der Waals surface area contributed by atoms with Gasteiger partial charge in [0.1, 0.15) is 9.71 Å². The number of amides is 1. The number of aromatic nitrogens is 1. The molecule has 0 unspecified atom stereocenters. The van der Waals surface area contributed by atoms with E-state index in [1.165, 1.54) is 16.9 Å². The first kappa shape index (κ1) is 21.0. The molecule has 2 aliphatic heterocycles. The number of hydrogen-bond acceptors (Lipinski definition) is 7. The van der Waals surface area contributed by atoms with Crippen LogP contribution in [0.15, 0.2) is 30.3 Å². The lowest BCUT2D eigenvalue weighted by atomic mass is 10.1. The third-order valence-electron chi connectivity index (χ3n) is 5.97. The second-order valence-electron chi connectivity index (χ2n) is 8.85. The fourth-order valence-corrected chi connectivity index (χ4v) is 5.36. The molecule has 1 amide bonds. The summed E-state index contributed by atoms with van der Waals surface area (Å²) in [4.78, 5) is 23.7. The third-order valence-corrected chi connectivity index (χ3v) is 7.07. The SMILES string of the molecule is CC(C)Cc1ccc2c(N)c(C(=O)N3CCN(Cc4ccc5c(c4)OCO5)CC3)sc2n1. The zero-order valence-electron chi connectivity index (χ0n) is 18.5. The number of nitrogens with zero attached hydrogens (tertiary/aromatic N) is 3. The number of pyridine rings is 1. The number of benzene rings is 1. The highest BCUT2D eigenvalue weighted by Gasteiger charge is 2.26. The highest BCUT2D eigenvalue weighted by Crippen LogP contribution is 2.35. The highest BCUT2D eigenvalue weighted by atomic mass is 32.1. The minimum Gasteiger partial charge on any atom is -0.454 e. The number of hydrogen-bond donors (Lipinski definition) is 1. The van der Waals surface area contributed by atoms with Crippen LogP contribution in [-0.4, -0.2) is 53.7 Å². The van der Waals surface area contributed by atoms with Crippen LogP contribution in [0.5, 0.6) is 11.5 Å². The second-order valence-corrected chi connectivity index (χ2v) is 9.85. The molecule has 4 heterocycles. The highest BCUT2D eigenvalue weighted by molar-refractivity contribution is 7.21. The number of thiophene rings is 1. The van der Waals surface area contributed by atoms with Crippen molar-refractivity contribution in [2.75, 3.05) is 38.7 Å². The number of rotatable bonds is 5. The van der Waals surface area contributed by atoms with Crippen molar-refractivity contribution in [3.63, 3.8) is 0 Å². The minimum atomic E-state index is 0.0126. The van der Waals surface area contributed by atoms with Crippen LogP contribution in [0.2, 0.25) is 0 Å². The normalized spacial score (nSPS) is 16.3. The summed E-state index contributed by atoms with van der Waals surface area (Å²) in [7, 11) is 0. The molecular formula is C24H28N4O3S. The summed E-state index contributed by atoms with van der Waals surface area (Å²) in [5.74, 6) is 2.16. The topological polar surface area (TPSA) is 80.9 Å². The Kier molecular flexibility index (Phi) is 5.65. The number of ether oxygens (including phenoxy) is 2. The van der Waals surface area contributed by atoms with Crippen molar-refractivity contribution in [1.82, 2.24) is 14.8 Å². The van der Waals surface area contributed by atoms with Gasteiger partial charge in [-0.15, -0.1) is 11.3 Å². The minimum absolute atomic E-state index is 0.0126. The summed E-state index contributed by atoms with van der Waals surface area (Å²) in [6, 6.07) is 10.1.